The molecule has 3 rings (SSSR count). The molecule has 3 aromatic carbocycles. The minimum atomic E-state index is -0.572. The fourth-order valence-electron chi connectivity index (χ4n) is 4.77. The molecule has 4 heteroatoms. The van der Waals surface area contributed by atoms with Crippen LogP contribution in [0.15, 0.2) is 78.9 Å². The summed E-state index contributed by atoms with van der Waals surface area (Å²) in [6.45, 7) is 2.83. The largest absolute Gasteiger partial charge is 0.396 e. The van der Waals surface area contributed by atoms with Crippen LogP contribution in [0.4, 0.5) is 0 Å². The Kier molecular flexibility index (Phi) is 12.9. The molecule has 0 radical (unpaired) electrons. The van der Waals surface area contributed by atoms with Gasteiger partial charge in [-0.25, -0.2) is 0 Å². The summed E-state index contributed by atoms with van der Waals surface area (Å²) in [6.07, 6.45) is 6.61. The highest BCUT2D eigenvalue weighted by atomic mass is 16.5. The van der Waals surface area contributed by atoms with Crippen LogP contribution >= 0.6 is 0 Å². The fourth-order valence-corrected chi connectivity index (χ4v) is 4.77. The molecule has 0 aromatic heterocycles. The van der Waals surface area contributed by atoms with E-state index in [1.165, 1.54) is 0 Å². The van der Waals surface area contributed by atoms with Crippen LogP contribution in [0.25, 0.3) is 0 Å². The number of carbonyl (C=O) groups excluding carboxylic acids is 1. The molecule has 0 fully saturated rings. The van der Waals surface area contributed by atoms with Gasteiger partial charge in [0.05, 0.1) is 18.6 Å². The molecular formula is C33H40O4. The Bertz CT molecular complexity index is 892. The Hall–Kier alpha value is -2.97. The highest BCUT2D eigenvalue weighted by Gasteiger charge is 2.38. The number of carbonyl (C=O) groups is 1. The van der Waals surface area contributed by atoms with Gasteiger partial charge >= 0.3 is 0 Å². The van der Waals surface area contributed by atoms with E-state index >= 15 is 0 Å². The normalized spacial score (nSPS) is 11.3. The maximum Gasteiger partial charge on any atom is 0.134 e. The Morgan fingerprint density at radius 2 is 1.27 bits per heavy atom. The fraction of sp³-hybridized carbons (Fsp3) is 0.424. The molecule has 0 bridgehead atoms. The molecule has 37 heavy (non-hydrogen) atoms. The van der Waals surface area contributed by atoms with E-state index in [-0.39, 0.29) is 12.4 Å². The van der Waals surface area contributed by atoms with E-state index in [1.54, 1.807) is 0 Å². The summed E-state index contributed by atoms with van der Waals surface area (Å²) in [7, 11) is 0. The van der Waals surface area contributed by atoms with Gasteiger partial charge in [-0.05, 0) is 60.6 Å². The van der Waals surface area contributed by atoms with Crippen LogP contribution in [0.2, 0.25) is 0 Å². The van der Waals surface area contributed by atoms with Crippen molar-refractivity contribution >= 4 is 5.78 Å². The molecule has 196 valence electrons. The molecule has 3 aromatic rings. The van der Waals surface area contributed by atoms with Gasteiger partial charge in [0.1, 0.15) is 5.78 Å². The number of hydrogen-bond acceptors (Lipinski definition) is 4. The summed E-state index contributed by atoms with van der Waals surface area (Å²) >= 11 is 0. The highest BCUT2D eigenvalue weighted by Crippen LogP contribution is 2.42. The second-order valence-electron chi connectivity index (χ2n) is 9.39. The average molecular weight is 501 g/mol. The number of aliphatic hydroxyl groups is 1. The second-order valence-corrected chi connectivity index (χ2v) is 9.39. The molecule has 0 unspecified atom stereocenters. The summed E-state index contributed by atoms with van der Waals surface area (Å²) < 4.78 is 11.3. The van der Waals surface area contributed by atoms with Crippen LogP contribution in [0.3, 0.4) is 0 Å². The first-order valence-corrected chi connectivity index (χ1v) is 13.5. The predicted octanol–water partition coefficient (Wildman–Crippen LogP) is 6.34. The Morgan fingerprint density at radius 1 is 0.676 bits per heavy atom. The monoisotopic (exact) mass is 500 g/mol. The van der Waals surface area contributed by atoms with E-state index in [0.717, 1.165) is 61.8 Å². The quantitative estimate of drug-likeness (QED) is 0.195. The Balaban J connectivity index is 1.51. The Morgan fingerprint density at radius 3 is 1.84 bits per heavy atom. The van der Waals surface area contributed by atoms with Crippen LogP contribution in [0.1, 0.15) is 68.1 Å². The van der Waals surface area contributed by atoms with E-state index in [9.17, 15) is 4.79 Å². The van der Waals surface area contributed by atoms with E-state index < -0.39 is 5.41 Å². The molecule has 0 atom stereocenters. The smallest absolute Gasteiger partial charge is 0.134 e. The molecule has 0 heterocycles. The minimum Gasteiger partial charge on any atom is -0.396 e. The lowest BCUT2D eigenvalue weighted by molar-refractivity contribution is -0.120. The summed E-state index contributed by atoms with van der Waals surface area (Å²) in [5, 5.41) is 8.78. The van der Waals surface area contributed by atoms with Gasteiger partial charge in [0.2, 0.25) is 0 Å². The number of aliphatic hydroxyl groups excluding tert-OH is 1. The van der Waals surface area contributed by atoms with Crippen LogP contribution in [-0.2, 0) is 19.7 Å². The lowest BCUT2D eigenvalue weighted by Crippen LogP contribution is -2.32. The van der Waals surface area contributed by atoms with Gasteiger partial charge < -0.3 is 14.6 Å². The van der Waals surface area contributed by atoms with Crippen LogP contribution in [-0.4, -0.2) is 43.9 Å². The number of ketones is 1. The van der Waals surface area contributed by atoms with Gasteiger partial charge in [-0.3, -0.25) is 4.79 Å². The molecule has 0 aliphatic heterocycles. The SMILES string of the molecule is O=C(CCCCOCCOCCCCCCO)CC(c1cc#ccc1)(c1ccccc1)c1ccccc1. The predicted molar refractivity (Wildman–Crippen MR) is 148 cm³/mol. The topological polar surface area (TPSA) is 55.8 Å². The molecular weight excluding hydrogens is 460 g/mol. The zero-order chi connectivity index (χ0) is 26.0. The van der Waals surface area contributed by atoms with Crippen molar-refractivity contribution in [1.82, 2.24) is 0 Å². The van der Waals surface area contributed by atoms with Crippen LogP contribution < -0.4 is 0 Å². The first kappa shape index (κ1) is 28.6. The maximum atomic E-state index is 13.4. The van der Waals surface area contributed by atoms with Crippen molar-refractivity contribution in [3.8, 4) is 0 Å². The molecule has 0 aliphatic carbocycles. The van der Waals surface area contributed by atoms with Gasteiger partial charge in [-0.15, -0.1) is 0 Å². The second kappa shape index (κ2) is 16.7. The van der Waals surface area contributed by atoms with Crippen LogP contribution in [0, 0.1) is 12.1 Å². The summed E-state index contributed by atoms with van der Waals surface area (Å²) in [4.78, 5) is 13.4. The minimum absolute atomic E-state index is 0.241. The lowest BCUT2D eigenvalue weighted by Gasteiger charge is -2.35. The third-order valence-electron chi connectivity index (χ3n) is 6.71. The third kappa shape index (κ3) is 9.13. The van der Waals surface area contributed by atoms with Gasteiger partial charge in [0.15, 0.2) is 0 Å². The standard InChI is InChI=1S/C33H40O4/c34-23-13-1-2-14-24-36-26-27-37-25-15-12-22-32(35)28-33(29-16-6-3-7-17-29,30-18-8-4-9-19-30)31-20-10-5-11-21-31/h3-4,6-10,16-21,34H,1-2,12-15,22-28H2. The first-order chi connectivity index (χ1) is 18.3. The first-order valence-electron chi connectivity index (χ1n) is 13.5. The van der Waals surface area contributed by atoms with Crippen molar-refractivity contribution in [2.24, 2.45) is 0 Å². The van der Waals surface area contributed by atoms with E-state index in [2.05, 4.69) is 42.5 Å². The number of rotatable bonds is 19. The number of unbranched alkanes of at least 4 members (excludes halogenated alkanes) is 4. The third-order valence-corrected chi connectivity index (χ3v) is 6.71. The molecule has 0 aliphatic rings. The maximum absolute atomic E-state index is 13.4. The van der Waals surface area contributed by atoms with Crippen molar-refractivity contribution in [2.75, 3.05) is 33.0 Å². The summed E-state index contributed by atoms with van der Waals surface area (Å²) in [5.41, 5.74) is 2.68. The van der Waals surface area contributed by atoms with Crippen LogP contribution in [0.5, 0.6) is 0 Å². The Labute approximate surface area is 222 Å². The molecule has 1 N–H and O–H groups in total. The van der Waals surface area contributed by atoms with Gasteiger partial charge in [-0.1, -0.05) is 85.6 Å². The number of benzene rings is 2. The molecule has 0 saturated carbocycles. The average Bonchev–Trinajstić information content (AvgIpc) is 2.95. The van der Waals surface area contributed by atoms with Gasteiger partial charge in [0.25, 0.3) is 0 Å². The van der Waals surface area contributed by atoms with E-state index in [1.807, 2.05) is 48.5 Å². The van der Waals surface area contributed by atoms with Gasteiger partial charge in [0, 0.05) is 32.7 Å². The summed E-state index contributed by atoms with van der Waals surface area (Å²) in [5.74, 6) is 0.241. The number of hydrogen-bond donors (Lipinski definition) is 1. The number of Topliss-reactive ketones (excluding diaryl/α,β-unsaturated/α-hetero) is 1. The van der Waals surface area contributed by atoms with Crippen molar-refractivity contribution in [3.63, 3.8) is 0 Å². The zero-order valence-corrected chi connectivity index (χ0v) is 21.9. The van der Waals surface area contributed by atoms with Crippen molar-refractivity contribution < 1.29 is 19.4 Å². The van der Waals surface area contributed by atoms with E-state index in [0.29, 0.717) is 32.7 Å². The van der Waals surface area contributed by atoms with Crippen molar-refractivity contribution in [2.45, 2.75) is 56.8 Å². The zero-order valence-electron chi connectivity index (χ0n) is 21.9. The van der Waals surface area contributed by atoms with Gasteiger partial charge in [-0.2, -0.15) is 0 Å². The summed E-state index contributed by atoms with van der Waals surface area (Å²) in [6, 6.07) is 32.6. The molecule has 4 nitrogen and oxygen atoms in total. The van der Waals surface area contributed by atoms with E-state index in [4.69, 9.17) is 14.6 Å². The van der Waals surface area contributed by atoms with Crippen molar-refractivity contribution in [1.29, 1.82) is 0 Å². The number of ether oxygens (including phenoxy) is 2. The molecule has 0 amide bonds. The molecule has 0 saturated heterocycles. The lowest BCUT2D eigenvalue weighted by atomic mass is 9.66. The molecule has 0 spiro atoms. The highest BCUT2D eigenvalue weighted by molar-refractivity contribution is 5.82. The van der Waals surface area contributed by atoms with Crippen molar-refractivity contribution in [3.05, 3.63) is 108 Å².